The van der Waals surface area contributed by atoms with Crippen LogP contribution in [-0.2, 0) is 4.79 Å². The van der Waals surface area contributed by atoms with Crippen LogP contribution in [0.4, 0.5) is 5.69 Å². The second kappa shape index (κ2) is 6.97. The molecule has 23 heavy (non-hydrogen) atoms. The Morgan fingerprint density at radius 2 is 2.09 bits per heavy atom. The molecule has 0 spiro atoms. The molecule has 2 aromatic rings. The third-order valence-corrected chi connectivity index (χ3v) is 3.34. The zero-order chi connectivity index (χ0) is 17.0. The zero-order valence-electron chi connectivity index (χ0n) is 12.1. The van der Waals surface area contributed by atoms with Gasteiger partial charge in [-0.2, -0.15) is 4.73 Å². The van der Waals surface area contributed by atoms with Crippen molar-refractivity contribution in [2.24, 2.45) is 0 Å². The topological polar surface area (TPSA) is 97.6 Å². The van der Waals surface area contributed by atoms with Crippen LogP contribution in [0, 0.1) is 6.92 Å². The first-order chi connectivity index (χ1) is 10.9. The van der Waals surface area contributed by atoms with E-state index in [0.717, 1.165) is 11.6 Å². The van der Waals surface area contributed by atoms with Crippen molar-refractivity contribution in [2.45, 2.75) is 6.92 Å². The van der Waals surface area contributed by atoms with Gasteiger partial charge < -0.3 is 15.3 Å². The van der Waals surface area contributed by atoms with Crippen molar-refractivity contribution in [1.82, 2.24) is 4.73 Å². The molecule has 0 aliphatic heterocycles. The number of amides is 1. The number of aryl methyl sites for hydroxylation is 1. The Morgan fingerprint density at radius 3 is 2.74 bits per heavy atom. The van der Waals surface area contributed by atoms with E-state index in [4.69, 9.17) is 21.5 Å². The minimum Gasteiger partial charge on any atom is -0.477 e. The van der Waals surface area contributed by atoms with Gasteiger partial charge in [-0.25, -0.2) is 4.79 Å². The molecule has 7 nitrogen and oxygen atoms in total. The van der Waals surface area contributed by atoms with Crippen LogP contribution in [-0.4, -0.2) is 28.3 Å². The van der Waals surface area contributed by atoms with E-state index < -0.39 is 29.6 Å². The fourth-order valence-corrected chi connectivity index (χ4v) is 1.92. The number of nitrogens with zero attached hydrogens (tertiary/aromatic N) is 1. The molecule has 1 aromatic heterocycles. The van der Waals surface area contributed by atoms with Crippen LogP contribution in [0.3, 0.4) is 0 Å². The SMILES string of the molecule is Cc1ccc(NC(=O)COn2cccc(C(=O)O)c2=O)cc1Cl. The Hall–Kier alpha value is -2.80. The maximum absolute atomic E-state index is 11.8. The van der Waals surface area contributed by atoms with Crippen LogP contribution in [0.1, 0.15) is 15.9 Å². The Kier molecular flexibility index (Phi) is 5.02. The van der Waals surface area contributed by atoms with Gasteiger partial charge in [0.1, 0.15) is 5.56 Å². The highest BCUT2D eigenvalue weighted by Crippen LogP contribution is 2.19. The first-order valence-electron chi connectivity index (χ1n) is 6.52. The smallest absolute Gasteiger partial charge is 0.341 e. The van der Waals surface area contributed by atoms with Gasteiger partial charge in [-0.05, 0) is 36.8 Å². The molecule has 0 atom stereocenters. The molecule has 0 saturated carbocycles. The number of benzene rings is 1. The number of carbonyl (C=O) groups excluding carboxylic acids is 1. The van der Waals surface area contributed by atoms with E-state index in [1.165, 1.54) is 12.3 Å². The van der Waals surface area contributed by atoms with Crippen LogP contribution >= 0.6 is 11.6 Å². The van der Waals surface area contributed by atoms with Crippen molar-refractivity contribution in [1.29, 1.82) is 0 Å². The average molecular weight is 337 g/mol. The lowest BCUT2D eigenvalue weighted by molar-refractivity contribution is -0.120. The molecule has 1 heterocycles. The third-order valence-electron chi connectivity index (χ3n) is 2.94. The number of anilines is 1. The second-order valence-electron chi connectivity index (χ2n) is 4.64. The molecule has 0 bridgehead atoms. The first kappa shape index (κ1) is 16.6. The Labute approximate surface area is 136 Å². The van der Waals surface area contributed by atoms with Crippen LogP contribution in [0.2, 0.25) is 5.02 Å². The summed E-state index contributed by atoms with van der Waals surface area (Å²) in [4.78, 5) is 39.4. The second-order valence-corrected chi connectivity index (χ2v) is 5.05. The fourth-order valence-electron chi connectivity index (χ4n) is 1.74. The molecular weight excluding hydrogens is 324 g/mol. The Bertz CT molecular complexity index is 816. The minimum atomic E-state index is -1.37. The zero-order valence-corrected chi connectivity index (χ0v) is 12.8. The quantitative estimate of drug-likeness (QED) is 0.863. The van der Waals surface area contributed by atoms with Gasteiger partial charge in [-0.15, -0.1) is 0 Å². The van der Waals surface area contributed by atoms with E-state index >= 15 is 0 Å². The number of aromatic nitrogens is 1. The van der Waals surface area contributed by atoms with Crippen molar-refractivity contribution in [2.75, 3.05) is 11.9 Å². The first-order valence-corrected chi connectivity index (χ1v) is 6.90. The molecule has 1 aromatic carbocycles. The lowest BCUT2D eigenvalue weighted by atomic mass is 10.2. The number of carboxylic acid groups (broad SMARTS) is 1. The van der Waals surface area contributed by atoms with E-state index in [-0.39, 0.29) is 0 Å². The molecule has 0 saturated heterocycles. The number of hydrogen-bond acceptors (Lipinski definition) is 4. The highest BCUT2D eigenvalue weighted by molar-refractivity contribution is 6.31. The predicted octanol–water partition coefficient (Wildman–Crippen LogP) is 1.58. The van der Waals surface area contributed by atoms with Gasteiger partial charge >= 0.3 is 5.97 Å². The molecule has 2 N–H and O–H groups in total. The summed E-state index contributed by atoms with van der Waals surface area (Å²) in [5.41, 5.74) is 0.0585. The van der Waals surface area contributed by atoms with Gasteiger partial charge in [0, 0.05) is 16.9 Å². The molecule has 1 amide bonds. The maximum Gasteiger partial charge on any atom is 0.341 e. The summed E-state index contributed by atoms with van der Waals surface area (Å²) in [5.74, 6) is -1.88. The Morgan fingerprint density at radius 1 is 1.35 bits per heavy atom. The van der Waals surface area contributed by atoms with E-state index in [2.05, 4.69) is 5.32 Å². The number of hydrogen-bond donors (Lipinski definition) is 2. The summed E-state index contributed by atoms with van der Waals surface area (Å²) in [6.45, 7) is 1.37. The molecule has 0 unspecified atom stereocenters. The van der Waals surface area contributed by atoms with Gasteiger partial charge in [-0.1, -0.05) is 17.7 Å². The highest BCUT2D eigenvalue weighted by Gasteiger charge is 2.12. The average Bonchev–Trinajstić information content (AvgIpc) is 2.49. The number of aromatic carboxylic acids is 1. The fraction of sp³-hybridized carbons (Fsp3) is 0.133. The highest BCUT2D eigenvalue weighted by atomic mass is 35.5. The van der Waals surface area contributed by atoms with Crippen LogP contribution in [0.15, 0.2) is 41.3 Å². The number of rotatable bonds is 5. The molecular formula is C15H13ClN2O5. The standard InChI is InChI=1S/C15H13ClN2O5/c1-9-4-5-10(7-12(9)16)17-13(19)8-23-18-6-2-3-11(14(18)20)15(21)22/h2-7H,8H2,1H3,(H,17,19)(H,21,22). The summed E-state index contributed by atoms with van der Waals surface area (Å²) < 4.78 is 0.700. The molecule has 0 aliphatic rings. The van der Waals surface area contributed by atoms with Gasteiger partial charge in [0.05, 0.1) is 0 Å². The van der Waals surface area contributed by atoms with Crippen molar-refractivity contribution < 1.29 is 19.5 Å². The van der Waals surface area contributed by atoms with Crippen LogP contribution in [0.25, 0.3) is 0 Å². The molecule has 2 rings (SSSR count). The summed E-state index contributed by atoms with van der Waals surface area (Å²) in [7, 11) is 0. The Balaban J connectivity index is 2.02. The molecule has 0 aliphatic carbocycles. The molecule has 0 radical (unpaired) electrons. The lowest BCUT2D eigenvalue weighted by Crippen LogP contribution is -2.34. The summed E-state index contributed by atoms with van der Waals surface area (Å²) in [5, 5.41) is 11.9. The summed E-state index contributed by atoms with van der Waals surface area (Å²) in [6, 6.07) is 7.50. The maximum atomic E-state index is 11.8. The number of carbonyl (C=O) groups is 2. The molecule has 120 valence electrons. The summed E-state index contributed by atoms with van der Waals surface area (Å²) >= 11 is 5.95. The van der Waals surface area contributed by atoms with Crippen molar-refractivity contribution >= 4 is 29.2 Å². The number of pyridine rings is 1. The van der Waals surface area contributed by atoms with Crippen molar-refractivity contribution in [3.8, 4) is 0 Å². The van der Waals surface area contributed by atoms with E-state index in [0.29, 0.717) is 15.4 Å². The number of halogens is 1. The minimum absolute atomic E-state index is 0.446. The van der Waals surface area contributed by atoms with Gasteiger partial charge in [0.15, 0.2) is 6.61 Å². The molecule has 8 heteroatoms. The predicted molar refractivity (Wildman–Crippen MR) is 83.9 cm³/mol. The third kappa shape index (κ3) is 4.10. The van der Waals surface area contributed by atoms with Crippen LogP contribution in [0.5, 0.6) is 0 Å². The molecule has 0 fully saturated rings. The van der Waals surface area contributed by atoms with Crippen LogP contribution < -0.4 is 15.7 Å². The summed E-state index contributed by atoms with van der Waals surface area (Å²) in [6.07, 6.45) is 1.23. The van der Waals surface area contributed by atoms with Gasteiger partial charge in [-0.3, -0.25) is 9.59 Å². The lowest BCUT2D eigenvalue weighted by Gasteiger charge is -2.10. The number of carboxylic acids is 1. The van der Waals surface area contributed by atoms with Gasteiger partial charge in [0.2, 0.25) is 0 Å². The van der Waals surface area contributed by atoms with Gasteiger partial charge in [0.25, 0.3) is 11.5 Å². The van der Waals surface area contributed by atoms with E-state index in [1.54, 1.807) is 18.2 Å². The van der Waals surface area contributed by atoms with Crippen molar-refractivity contribution in [3.63, 3.8) is 0 Å². The van der Waals surface area contributed by atoms with E-state index in [9.17, 15) is 14.4 Å². The van der Waals surface area contributed by atoms with Crippen molar-refractivity contribution in [3.05, 3.63) is 63.0 Å². The van der Waals surface area contributed by atoms with E-state index in [1.807, 2.05) is 6.92 Å². The number of nitrogens with one attached hydrogen (secondary N) is 1. The largest absolute Gasteiger partial charge is 0.477 e. The normalized spacial score (nSPS) is 10.2. The monoisotopic (exact) mass is 336 g/mol.